The van der Waals surface area contributed by atoms with Gasteiger partial charge >= 0.3 is 0 Å². The van der Waals surface area contributed by atoms with Gasteiger partial charge in [0.15, 0.2) is 9.84 Å². The van der Waals surface area contributed by atoms with Crippen LogP contribution in [0.15, 0.2) is 36.7 Å². The zero-order valence-corrected chi connectivity index (χ0v) is 24.0. The van der Waals surface area contributed by atoms with Crippen molar-refractivity contribution in [3.63, 3.8) is 0 Å². The minimum Gasteiger partial charge on any atom is -0.381 e. The zero-order valence-electron chi connectivity index (χ0n) is 23.2. The lowest BCUT2D eigenvalue weighted by Crippen LogP contribution is -2.55. The molecule has 2 aliphatic heterocycles. The van der Waals surface area contributed by atoms with Crippen molar-refractivity contribution in [2.24, 2.45) is 11.7 Å². The van der Waals surface area contributed by atoms with Crippen LogP contribution in [-0.4, -0.2) is 80.8 Å². The van der Waals surface area contributed by atoms with Gasteiger partial charge in [0, 0.05) is 75.5 Å². The highest BCUT2D eigenvalue weighted by atomic mass is 32.2. The fourth-order valence-electron chi connectivity index (χ4n) is 5.75. The van der Waals surface area contributed by atoms with Gasteiger partial charge in [-0.1, -0.05) is 19.9 Å². The van der Waals surface area contributed by atoms with Crippen molar-refractivity contribution in [2.75, 3.05) is 61.2 Å². The van der Waals surface area contributed by atoms with E-state index in [1.54, 1.807) is 13.3 Å². The molecule has 2 saturated heterocycles. The van der Waals surface area contributed by atoms with Crippen LogP contribution in [0.1, 0.15) is 38.2 Å². The van der Waals surface area contributed by atoms with Crippen LogP contribution in [0.4, 0.5) is 23.3 Å². The number of piperidine rings is 1. The Labute approximate surface area is 230 Å². The van der Waals surface area contributed by atoms with Crippen LogP contribution in [0.5, 0.6) is 0 Å². The first-order valence-electron chi connectivity index (χ1n) is 13.6. The Balaban J connectivity index is 1.38. The Hall–Kier alpha value is -3.02. The van der Waals surface area contributed by atoms with Crippen molar-refractivity contribution in [3.8, 4) is 0 Å². The van der Waals surface area contributed by atoms with E-state index in [9.17, 15) is 8.42 Å². The highest BCUT2D eigenvalue weighted by Crippen LogP contribution is 2.38. The molecule has 0 amide bonds. The number of hydrogen-bond acceptors (Lipinski definition) is 10. The van der Waals surface area contributed by atoms with E-state index in [2.05, 4.69) is 52.1 Å². The third kappa shape index (κ3) is 5.80. The van der Waals surface area contributed by atoms with E-state index >= 15 is 0 Å². The maximum absolute atomic E-state index is 12.2. The van der Waals surface area contributed by atoms with Crippen molar-refractivity contribution in [2.45, 2.75) is 44.0 Å². The molecule has 2 fully saturated rings. The average molecular weight is 554 g/mol. The van der Waals surface area contributed by atoms with Gasteiger partial charge in [-0.2, -0.15) is 4.98 Å². The van der Waals surface area contributed by atoms with Crippen molar-refractivity contribution < 1.29 is 13.2 Å². The number of benzene rings is 1. The predicted molar refractivity (Wildman–Crippen MR) is 157 cm³/mol. The lowest BCUT2D eigenvalue weighted by molar-refractivity contribution is 0.0816. The topological polar surface area (TPSA) is 127 Å². The van der Waals surface area contributed by atoms with Gasteiger partial charge in [-0.05, 0) is 47.9 Å². The quantitative estimate of drug-likeness (QED) is 0.407. The van der Waals surface area contributed by atoms with Gasteiger partial charge in [0.1, 0.15) is 11.6 Å². The van der Waals surface area contributed by atoms with E-state index in [0.717, 1.165) is 42.4 Å². The van der Waals surface area contributed by atoms with Gasteiger partial charge in [0.05, 0.1) is 11.4 Å². The molecule has 5 rings (SSSR count). The fraction of sp³-hybridized carbons (Fsp3) is 0.536. The van der Waals surface area contributed by atoms with Gasteiger partial charge in [0.2, 0.25) is 5.95 Å². The minimum absolute atomic E-state index is 0.0333. The second kappa shape index (κ2) is 11.2. The molecule has 39 heavy (non-hydrogen) atoms. The van der Waals surface area contributed by atoms with Gasteiger partial charge in [-0.25, -0.2) is 18.4 Å². The summed E-state index contributed by atoms with van der Waals surface area (Å²) in [6.07, 6.45) is 7.18. The summed E-state index contributed by atoms with van der Waals surface area (Å²) >= 11 is 0. The number of nitrogens with zero attached hydrogens (tertiary/aromatic N) is 5. The monoisotopic (exact) mass is 553 g/mol. The first-order valence-corrected chi connectivity index (χ1v) is 15.6. The summed E-state index contributed by atoms with van der Waals surface area (Å²) in [7, 11) is -1.42. The van der Waals surface area contributed by atoms with Crippen LogP contribution < -0.4 is 20.9 Å². The summed E-state index contributed by atoms with van der Waals surface area (Å²) in [6, 6.07) is 8.23. The Bertz CT molecular complexity index is 1420. The van der Waals surface area contributed by atoms with Crippen LogP contribution in [0, 0.1) is 5.92 Å². The number of rotatable bonds is 9. The molecule has 0 bridgehead atoms. The number of nitrogens with two attached hydrogens (primary N) is 1. The molecule has 0 radical (unpaired) electrons. The van der Waals surface area contributed by atoms with Gasteiger partial charge in [-0.15, -0.1) is 0 Å². The second-order valence-electron chi connectivity index (χ2n) is 11.0. The summed E-state index contributed by atoms with van der Waals surface area (Å²) in [6.45, 7) is 7.57. The van der Waals surface area contributed by atoms with E-state index in [4.69, 9.17) is 20.4 Å². The van der Waals surface area contributed by atoms with Gasteiger partial charge in [0.25, 0.3) is 0 Å². The molecule has 0 saturated carbocycles. The summed E-state index contributed by atoms with van der Waals surface area (Å²) < 4.78 is 29.8. The molecule has 210 valence electrons. The Morgan fingerprint density at radius 2 is 1.82 bits per heavy atom. The second-order valence-corrected chi connectivity index (χ2v) is 13.3. The van der Waals surface area contributed by atoms with Gasteiger partial charge in [-0.3, -0.25) is 0 Å². The van der Waals surface area contributed by atoms with E-state index < -0.39 is 15.1 Å². The number of ether oxygens (including phenoxy) is 1. The molecule has 0 unspecified atom stereocenters. The highest BCUT2D eigenvalue weighted by Gasteiger charge is 2.38. The van der Waals surface area contributed by atoms with Crippen LogP contribution >= 0.6 is 0 Å². The lowest BCUT2D eigenvalue weighted by atomic mass is 9.91. The van der Waals surface area contributed by atoms with Crippen LogP contribution in [0.2, 0.25) is 0 Å². The third-order valence-corrected chi connectivity index (χ3v) is 9.73. The summed E-state index contributed by atoms with van der Waals surface area (Å²) in [5.41, 5.74) is 8.11. The van der Waals surface area contributed by atoms with Gasteiger partial charge < -0.3 is 25.6 Å². The van der Waals surface area contributed by atoms with E-state index in [-0.39, 0.29) is 12.5 Å². The number of nitrogens with one attached hydrogen (secondary N) is 1. The minimum atomic E-state index is -3.18. The number of methoxy groups -OCH3 is 1. The largest absolute Gasteiger partial charge is 0.381 e. The molecule has 10 nitrogen and oxygen atoms in total. The molecule has 1 aromatic carbocycles. The van der Waals surface area contributed by atoms with E-state index in [0.29, 0.717) is 42.7 Å². The summed E-state index contributed by atoms with van der Waals surface area (Å²) in [4.78, 5) is 18.4. The standard InChI is InChI=1S/C28H39N7O3S/c1-18(2)21-5-6-24(35-16-19(17-35)25(14-29)39(4,36)37)23-15-31-27(13-22(21)23)32-26-7-10-30-28(33-26)34-11-8-20(38-3)9-12-34/h5-7,10,13,15,18-20,25H,8-9,11-12,14,16-17,29H2,1-4H3,(H,30,31,32,33)/t25-/m1/s1. The zero-order chi connectivity index (χ0) is 27.7. The highest BCUT2D eigenvalue weighted by molar-refractivity contribution is 7.91. The first kappa shape index (κ1) is 27.5. The molecule has 0 spiro atoms. The molecular weight excluding hydrogens is 514 g/mol. The number of anilines is 4. The van der Waals surface area contributed by atoms with Crippen molar-refractivity contribution in [3.05, 3.63) is 42.2 Å². The van der Waals surface area contributed by atoms with Crippen LogP contribution in [0.25, 0.3) is 10.8 Å². The maximum atomic E-state index is 12.2. The van der Waals surface area contributed by atoms with E-state index in [1.807, 2.05) is 12.3 Å². The molecule has 11 heteroatoms. The molecule has 3 aromatic rings. The molecule has 2 aromatic heterocycles. The number of hydrogen-bond donors (Lipinski definition) is 2. The number of sulfone groups is 1. The van der Waals surface area contributed by atoms with Crippen molar-refractivity contribution in [1.82, 2.24) is 15.0 Å². The first-order chi connectivity index (χ1) is 18.7. The number of fused-ring (bicyclic) bond motifs is 1. The molecule has 1 atom stereocenters. The maximum Gasteiger partial charge on any atom is 0.227 e. The van der Waals surface area contributed by atoms with E-state index in [1.165, 1.54) is 11.8 Å². The molecule has 2 aliphatic rings. The lowest BCUT2D eigenvalue weighted by Gasteiger charge is -2.44. The molecule has 0 aliphatic carbocycles. The predicted octanol–water partition coefficient (Wildman–Crippen LogP) is 3.32. The Morgan fingerprint density at radius 3 is 2.46 bits per heavy atom. The third-order valence-electron chi connectivity index (χ3n) is 8.05. The molecule has 4 heterocycles. The molecular formula is C28H39N7O3S. The average Bonchev–Trinajstić information content (AvgIpc) is 2.89. The van der Waals surface area contributed by atoms with Crippen LogP contribution in [0.3, 0.4) is 0 Å². The summed E-state index contributed by atoms with van der Waals surface area (Å²) in [5.74, 6) is 2.48. The van der Waals surface area contributed by atoms with Crippen LogP contribution in [-0.2, 0) is 14.6 Å². The fourth-order valence-corrected chi connectivity index (χ4v) is 6.97. The SMILES string of the molecule is COC1CCN(c2nccc(Nc3cc4c(C(C)C)ccc(N5CC([C@@H](CN)S(C)(=O)=O)C5)c4cn3)n2)CC1. The Morgan fingerprint density at radius 1 is 1.08 bits per heavy atom. The normalized spacial score (nSPS) is 18.0. The Kier molecular flexibility index (Phi) is 7.93. The van der Waals surface area contributed by atoms with Crippen molar-refractivity contribution in [1.29, 1.82) is 0 Å². The summed E-state index contributed by atoms with van der Waals surface area (Å²) in [5, 5.41) is 5.05. The number of pyridine rings is 1. The molecule has 3 N–H and O–H groups in total. The van der Waals surface area contributed by atoms with Crippen molar-refractivity contribution >= 4 is 43.9 Å². The smallest absolute Gasteiger partial charge is 0.227 e. The number of aromatic nitrogens is 3.